The maximum atomic E-state index is 12.4. The largest absolute Gasteiger partial charge is 0.323 e. The third-order valence-corrected chi connectivity index (χ3v) is 4.00. The van der Waals surface area contributed by atoms with Crippen LogP contribution >= 0.6 is 0 Å². The molecule has 0 unspecified atom stereocenters. The second-order valence-corrected chi connectivity index (χ2v) is 6.28. The number of urea groups is 1. The molecule has 0 saturated carbocycles. The molecule has 0 saturated heterocycles. The Kier molecular flexibility index (Phi) is 4.27. The molecule has 25 heavy (non-hydrogen) atoms. The van der Waals surface area contributed by atoms with Gasteiger partial charge in [-0.05, 0) is 51.1 Å². The van der Waals surface area contributed by atoms with Gasteiger partial charge < -0.3 is 10.6 Å². The predicted octanol–water partition coefficient (Wildman–Crippen LogP) is 3.64. The SMILES string of the molecule is Cc1ccc(NC(=O)Nc2ccc3c(c2)C(=O)N(C(C)C)C3=O)cc1. The fraction of sp³-hybridized carbons (Fsp3) is 0.211. The normalized spacial score (nSPS) is 13.2. The molecule has 0 aliphatic carbocycles. The summed E-state index contributed by atoms with van der Waals surface area (Å²) in [6.07, 6.45) is 0. The summed E-state index contributed by atoms with van der Waals surface area (Å²) in [6, 6.07) is 11.5. The number of aryl methyl sites for hydroxylation is 1. The van der Waals surface area contributed by atoms with Crippen LogP contribution in [0.25, 0.3) is 0 Å². The minimum atomic E-state index is -0.415. The Morgan fingerprint density at radius 1 is 0.880 bits per heavy atom. The van der Waals surface area contributed by atoms with E-state index in [4.69, 9.17) is 0 Å². The molecule has 0 aromatic heterocycles. The van der Waals surface area contributed by atoms with Gasteiger partial charge in [0.25, 0.3) is 11.8 Å². The number of anilines is 2. The standard InChI is InChI=1S/C19H19N3O3/c1-11(2)22-17(23)15-9-8-14(10-16(15)18(22)24)21-19(25)20-13-6-4-12(3)5-7-13/h4-11H,1-3H3,(H2,20,21,25). The lowest BCUT2D eigenvalue weighted by Gasteiger charge is -2.17. The number of fused-ring (bicyclic) bond motifs is 1. The molecule has 0 atom stereocenters. The zero-order chi connectivity index (χ0) is 18.1. The van der Waals surface area contributed by atoms with Gasteiger partial charge in [-0.25, -0.2) is 4.79 Å². The highest BCUT2D eigenvalue weighted by molar-refractivity contribution is 6.22. The van der Waals surface area contributed by atoms with Crippen molar-refractivity contribution in [3.05, 3.63) is 59.2 Å². The maximum Gasteiger partial charge on any atom is 0.323 e. The van der Waals surface area contributed by atoms with Crippen molar-refractivity contribution in [3.8, 4) is 0 Å². The van der Waals surface area contributed by atoms with Crippen molar-refractivity contribution in [2.24, 2.45) is 0 Å². The monoisotopic (exact) mass is 337 g/mol. The number of rotatable bonds is 3. The van der Waals surface area contributed by atoms with E-state index in [9.17, 15) is 14.4 Å². The minimum Gasteiger partial charge on any atom is -0.308 e. The molecule has 1 heterocycles. The second kappa shape index (κ2) is 6.39. The summed E-state index contributed by atoms with van der Waals surface area (Å²) in [7, 11) is 0. The number of hydrogen-bond acceptors (Lipinski definition) is 3. The molecular weight excluding hydrogens is 318 g/mol. The first-order valence-electron chi connectivity index (χ1n) is 8.03. The van der Waals surface area contributed by atoms with Crippen LogP contribution in [0, 0.1) is 6.92 Å². The van der Waals surface area contributed by atoms with Gasteiger partial charge in [0, 0.05) is 17.4 Å². The van der Waals surface area contributed by atoms with Crippen LogP contribution in [0.2, 0.25) is 0 Å². The number of amides is 4. The number of imide groups is 1. The zero-order valence-corrected chi connectivity index (χ0v) is 14.3. The summed E-state index contributed by atoms with van der Waals surface area (Å²) in [6.45, 7) is 5.54. The molecule has 3 rings (SSSR count). The van der Waals surface area contributed by atoms with Crippen LogP contribution < -0.4 is 10.6 Å². The number of carbonyl (C=O) groups excluding carboxylic acids is 3. The van der Waals surface area contributed by atoms with E-state index < -0.39 is 6.03 Å². The lowest BCUT2D eigenvalue weighted by Crippen LogP contribution is -2.35. The van der Waals surface area contributed by atoms with Gasteiger partial charge in [-0.2, -0.15) is 0 Å². The van der Waals surface area contributed by atoms with E-state index in [1.807, 2.05) is 19.1 Å². The Bertz CT molecular complexity index is 857. The molecule has 0 spiro atoms. The molecule has 2 N–H and O–H groups in total. The van der Waals surface area contributed by atoms with E-state index in [2.05, 4.69) is 10.6 Å². The Balaban J connectivity index is 1.75. The summed E-state index contributed by atoms with van der Waals surface area (Å²) in [5.74, 6) is -0.636. The summed E-state index contributed by atoms with van der Waals surface area (Å²) in [5, 5.41) is 5.40. The Labute approximate surface area is 145 Å². The summed E-state index contributed by atoms with van der Waals surface area (Å²) in [5.41, 5.74) is 2.90. The fourth-order valence-electron chi connectivity index (χ4n) is 2.74. The fourth-order valence-corrected chi connectivity index (χ4v) is 2.74. The summed E-state index contributed by atoms with van der Waals surface area (Å²) < 4.78 is 0. The Hall–Kier alpha value is -3.15. The first-order chi connectivity index (χ1) is 11.9. The summed E-state index contributed by atoms with van der Waals surface area (Å²) >= 11 is 0. The van der Waals surface area contributed by atoms with Gasteiger partial charge >= 0.3 is 6.03 Å². The first kappa shape index (κ1) is 16.7. The van der Waals surface area contributed by atoms with Gasteiger partial charge in [0.05, 0.1) is 11.1 Å². The average molecular weight is 337 g/mol. The lowest BCUT2D eigenvalue weighted by atomic mass is 10.1. The Morgan fingerprint density at radius 3 is 2.08 bits per heavy atom. The number of nitrogens with zero attached hydrogens (tertiary/aromatic N) is 1. The highest BCUT2D eigenvalue weighted by atomic mass is 16.2. The highest BCUT2D eigenvalue weighted by Gasteiger charge is 2.37. The molecule has 2 aromatic carbocycles. The van der Waals surface area contributed by atoms with Gasteiger partial charge in [-0.15, -0.1) is 0 Å². The average Bonchev–Trinajstić information content (AvgIpc) is 2.80. The Morgan fingerprint density at radius 2 is 1.44 bits per heavy atom. The van der Waals surface area contributed by atoms with E-state index in [1.54, 1.807) is 38.1 Å². The number of benzene rings is 2. The van der Waals surface area contributed by atoms with E-state index >= 15 is 0 Å². The van der Waals surface area contributed by atoms with Crippen molar-refractivity contribution in [1.29, 1.82) is 0 Å². The van der Waals surface area contributed by atoms with Crippen LogP contribution in [0.5, 0.6) is 0 Å². The van der Waals surface area contributed by atoms with Crippen molar-refractivity contribution in [3.63, 3.8) is 0 Å². The summed E-state index contributed by atoms with van der Waals surface area (Å²) in [4.78, 5) is 38.0. The topological polar surface area (TPSA) is 78.5 Å². The van der Waals surface area contributed by atoms with Crippen LogP contribution in [-0.4, -0.2) is 28.8 Å². The number of nitrogens with one attached hydrogen (secondary N) is 2. The van der Waals surface area contributed by atoms with Crippen LogP contribution in [0.15, 0.2) is 42.5 Å². The smallest absolute Gasteiger partial charge is 0.308 e. The van der Waals surface area contributed by atoms with Gasteiger partial charge in [-0.3, -0.25) is 14.5 Å². The quantitative estimate of drug-likeness (QED) is 0.839. The molecule has 0 bridgehead atoms. The molecule has 128 valence electrons. The molecule has 6 nitrogen and oxygen atoms in total. The van der Waals surface area contributed by atoms with Crippen LogP contribution in [-0.2, 0) is 0 Å². The molecule has 4 amide bonds. The molecular formula is C19H19N3O3. The van der Waals surface area contributed by atoms with Crippen LogP contribution in [0.3, 0.4) is 0 Å². The third kappa shape index (κ3) is 3.24. The molecule has 1 aliphatic rings. The van der Waals surface area contributed by atoms with Crippen molar-refractivity contribution < 1.29 is 14.4 Å². The molecule has 0 radical (unpaired) electrons. The van der Waals surface area contributed by atoms with Gasteiger partial charge in [0.1, 0.15) is 0 Å². The van der Waals surface area contributed by atoms with Crippen molar-refractivity contribution in [2.45, 2.75) is 26.8 Å². The zero-order valence-electron chi connectivity index (χ0n) is 14.3. The minimum absolute atomic E-state index is 0.214. The molecule has 2 aromatic rings. The molecule has 6 heteroatoms. The third-order valence-electron chi connectivity index (χ3n) is 4.00. The van der Waals surface area contributed by atoms with E-state index in [1.165, 1.54) is 11.0 Å². The molecule has 1 aliphatic heterocycles. The van der Waals surface area contributed by atoms with Gasteiger partial charge in [0.2, 0.25) is 0 Å². The van der Waals surface area contributed by atoms with Crippen LogP contribution in [0.4, 0.5) is 16.2 Å². The van der Waals surface area contributed by atoms with E-state index in [0.29, 0.717) is 22.5 Å². The van der Waals surface area contributed by atoms with E-state index in [-0.39, 0.29) is 17.9 Å². The van der Waals surface area contributed by atoms with E-state index in [0.717, 1.165) is 5.56 Å². The predicted molar refractivity (Wildman–Crippen MR) is 95.9 cm³/mol. The maximum absolute atomic E-state index is 12.4. The van der Waals surface area contributed by atoms with Gasteiger partial charge in [0.15, 0.2) is 0 Å². The first-order valence-corrected chi connectivity index (χ1v) is 8.03. The second-order valence-electron chi connectivity index (χ2n) is 6.28. The number of hydrogen-bond donors (Lipinski definition) is 2. The van der Waals surface area contributed by atoms with Gasteiger partial charge in [-0.1, -0.05) is 17.7 Å². The number of carbonyl (C=O) groups is 3. The highest BCUT2D eigenvalue weighted by Crippen LogP contribution is 2.27. The van der Waals surface area contributed by atoms with Crippen molar-refractivity contribution in [1.82, 2.24) is 4.90 Å². The van der Waals surface area contributed by atoms with Crippen molar-refractivity contribution in [2.75, 3.05) is 10.6 Å². The molecule has 0 fully saturated rings. The van der Waals surface area contributed by atoms with Crippen LogP contribution in [0.1, 0.15) is 40.1 Å². The lowest BCUT2D eigenvalue weighted by molar-refractivity contribution is 0.0609. The van der Waals surface area contributed by atoms with Crippen molar-refractivity contribution >= 4 is 29.2 Å².